The summed E-state index contributed by atoms with van der Waals surface area (Å²) in [6.45, 7) is 4.92. The first kappa shape index (κ1) is 15.8. The third kappa shape index (κ3) is 4.74. The Morgan fingerprint density at radius 3 is 2.35 bits per heavy atom. The van der Waals surface area contributed by atoms with Crippen LogP contribution in [0.25, 0.3) is 0 Å². The number of aliphatic carboxylic acids is 1. The van der Waals surface area contributed by atoms with Crippen LogP contribution < -0.4 is 0 Å². The van der Waals surface area contributed by atoms with E-state index in [1.807, 2.05) is 0 Å². The van der Waals surface area contributed by atoms with Crippen LogP contribution in [0.5, 0.6) is 0 Å². The summed E-state index contributed by atoms with van der Waals surface area (Å²) in [6, 6.07) is 0.790. The molecule has 1 aliphatic heterocycles. The number of hydrogen-bond donors (Lipinski definition) is 1. The Hall–Kier alpha value is -0.610. The maximum Gasteiger partial charge on any atom is 0.305 e. The molecule has 20 heavy (non-hydrogen) atoms. The van der Waals surface area contributed by atoms with E-state index in [1.165, 1.54) is 32.1 Å². The summed E-state index contributed by atoms with van der Waals surface area (Å²) in [5, 5.41) is 8.61. The molecule has 0 aromatic heterocycles. The molecule has 0 unspecified atom stereocenters. The highest BCUT2D eigenvalue weighted by Gasteiger charge is 2.28. The number of carboxylic acid groups (broad SMARTS) is 1. The summed E-state index contributed by atoms with van der Waals surface area (Å²) in [5.74, 6) is 0.193. The van der Waals surface area contributed by atoms with Crippen LogP contribution in [-0.4, -0.2) is 47.8 Å². The van der Waals surface area contributed by atoms with Crippen molar-refractivity contribution in [2.75, 3.05) is 19.7 Å². The predicted octanol–water partition coefficient (Wildman–Crippen LogP) is 2.91. The zero-order valence-corrected chi connectivity index (χ0v) is 12.7. The molecule has 2 aliphatic rings. The van der Waals surface area contributed by atoms with Gasteiger partial charge in [-0.3, -0.25) is 4.79 Å². The summed E-state index contributed by atoms with van der Waals surface area (Å²) in [5.41, 5.74) is 0. The van der Waals surface area contributed by atoms with Gasteiger partial charge >= 0.3 is 5.97 Å². The minimum absolute atomic E-state index is 0.126. The zero-order chi connectivity index (χ0) is 14.4. The number of piperidine rings is 1. The van der Waals surface area contributed by atoms with Crippen molar-refractivity contribution in [1.82, 2.24) is 4.90 Å². The third-order valence-electron chi connectivity index (χ3n) is 5.06. The third-order valence-corrected chi connectivity index (χ3v) is 5.06. The lowest BCUT2D eigenvalue weighted by molar-refractivity contribution is -0.138. The van der Waals surface area contributed by atoms with Gasteiger partial charge in [-0.2, -0.15) is 0 Å². The SMILES string of the molecule is CCC1CCC(N2CCC(OCCC(=O)O)CC2)CC1. The molecule has 4 heteroatoms. The Kier molecular flexibility index (Phi) is 6.30. The molecular formula is C16H29NO3. The zero-order valence-electron chi connectivity index (χ0n) is 12.7. The fraction of sp³-hybridized carbons (Fsp3) is 0.938. The fourth-order valence-electron chi connectivity index (χ4n) is 3.64. The van der Waals surface area contributed by atoms with Crippen LogP contribution in [0.2, 0.25) is 0 Å². The van der Waals surface area contributed by atoms with Crippen molar-refractivity contribution in [3.05, 3.63) is 0 Å². The lowest BCUT2D eigenvalue weighted by Gasteiger charge is -2.40. The first-order valence-electron chi connectivity index (χ1n) is 8.26. The second kappa shape index (κ2) is 7.99. The Bertz CT molecular complexity index is 292. The van der Waals surface area contributed by atoms with Gasteiger partial charge in [0.1, 0.15) is 0 Å². The van der Waals surface area contributed by atoms with Crippen molar-refractivity contribution in [2.45, 2.75) is 70.4 Å². The molecule has 4 nitrogen and oxygen atoms in total. The Morgan fingerprint density at radius 1 is 1.15 bits per heavy atom. The van der Waals surface area contributed by atoms with E-state index < -0.39 is 5.97 Å². The number of carbonyl (C=O) groups is 1. The summed E-state index contributed by atoms with van der Waals surface area (Å²) in [4.78, 5) is 13.1. The Morgan fingerprint density at radius 2 is 1.80 bits per heavy atom. The smallest absolute Gasteiger partial charge is 0.305 e. The minimum atomic E-state index is -0.768. The van der Waals surface area contributed by atoms with Crippen LogP contribution in [-0.2, 0) is 9.53 Å². The van der Waals surface area contributed by atoms with Gasteiger partial charge in [-0.15, -0.1) is 0 Å². The quantitative estimate of drug-likeness (QED) is 0.814. The highest BCUT2D eigenvalue weighted by atomic mass is 16.5. The number of carboxylic acids is 1. The van der Waals surface area contributed by atoms with E-state index in [0.717, 1.165) is 37.9 Å². The number of nitrogens with zero attached hydrogens (tertiary/aromatic N) is 1. The van der Waals surface area contributed by atoms with Crippen LogP contribution in [0.15, 0.2) is 0 Å². The van der Waals surface area contributed by atoms with Crippen molar-refractivity contribution in [2.24, 2.45) is 5.92 Å². The van der Waals surface area contributed by atoms with Gasteiger partial charge < -0.3 is 14.7 Å². The molecule has 1 heterocycles. The van der Waals surface area contributed by atoms with Crippen LogP contribution in [0.1, 0.15) is 58.3 Å². The molecule has 0 amide bonds. The molecule has 116 valence electrons. The maximum absolute atomic E-state index is 10.5. The number of ether oxygens (including phenoxy) is 1. The van der Waals surface area contributed by atoms with E-state index in [4.69, 9.17) is 9.84 Å². The molecule has 2 fully saturated rings. The van der Waals surface area contributed by atoms with E-state index in [1.54, 1.807) is 0 Å². The van der Waals surface area contributed by atoms with Crippen LogP contribution in [0.3, 0.4) is 0 Å². The lowest BCUT2D eigenvalue weighted by atomic mass is 9.83. The predicted molar refractivity (Wildman–Crippen MR) is 78.8 cm³/mol. The Labute approximate surface area is 122 Å². The van der Waals surface area contributed by atoms with Crippen molar-refractivity contribution in [1.29, 1.82) is 0 Å². The molecule has 1 N–H and O–H groups in total. The van der Waals surface area contributed by atoms with E-state index in [2.05, 4.69) is 11.8 Å². The number of likely N-dealkylation sites (tertiary alicyclic amines) is 1. The summed E-state index contributed by atoms with van der Waals surface area (Å²) < 4.78 is 5.66. The van der Waals surface area contributed by atoms with Crippen LogP contribution in [0.4, 0.5) is 0 Å². The molecule has 0 bridgehead atoms. The standard InChI is InChI=1S/C16H29NO3/c1-2-13-3-5-14(6-4-13)17-10-7-15(8-11-17)20-12-9-16(18)19/h13-15H,2-12H2,1H3,(H,18,19). The normalized spacial score (nSPS) is 29.4. The largest absolute Gasteiger partial charge is 0.481 e. The van der Waals surface area contributed by atoms with Gasteiger partial charge in [0.2, 0.25) is 0 Å². The summed E-state index contributed by atoms with van der Waals surface area (Å²) in [6.07, 6.45) is 9.39. The van der Waals surface area contributed by atoms with Gasteiger partial charge in [-0.25, -0.2) is 0 Å². The van der Waals surface area contributed by atoms with E-state index in [0.29, 0.717) is 6.61 Å². The van der Waals surface area contributed by atoms with Crippen LogP contribution in [0, 0.1) is 5.92 Å². The van der Waals surface area contributed by atoms with Crippen LogP contribution >= 0.6 is 0 Å². The van der Waals surface area contributed by atoms with Crippen molar-refractivity contribution in [3.63, 3.8) is 0 Å². The summed E-state index contributed by atoms with van der Waals surface area (Å²) >= 11 is 0. The maximum atomic E-state index is 10.5. The number of hydrogen-bond acceptors (Lipinski definition) is 3. The van der Waals surface area contributed by atoms with Crippen molar-refractivity contribution < 1.29 is 14.6 Å². The highest BCUT2D eigenvalue weighted by molar-refractivity contribution is 5.66. The van der Waals surface area contributed by atoms with Gasteiger partial charge in [-0.05, 0) is 44.4 Å². The highest BCUT2D eigenvalue weighted by Crippen LogP contribution is 2.31. The molecule has 2 rings (SSSR count). The molecule has 1 aliphatic carbocycles. The van der Waals surface area contributed by atoms with Crippen molar-refractivity contribution in [3.8, 4) is 0 Å². The fourth-order valence-corrected chi connectivity index (χ4v) is 3.64. The minimum Gasteiger partial charge on any atom is -0.481 e. The molecule has 1 saturated carbocycles. The number of rotatable bonds is 6. The Balaban J connectivity index is 1.63. The van der Waals surface area contributed by atoms with Crippen molar-refractivity contribution >= 4 is 5.97 Å². The molecule has 1 saturated heterocycles. The molecular weight excluding hydrogens is 254 g/mol. The van der Waals surface area contributed by atoms with E-state index >= 15 is 0 Å². The van der Waals surface area contributed by atoms with E-state index in [-0.39, 0.29) is 12.5 Å². The second-order valence-corrected chi connectivity index (χ2v) is 6.33. The summed E-state index contributed by atoms with van der Waals surface area (Å²) in [7, 11) is 0. The average Bonchev–Trinajstić information content (AvgIpc) is 2.48. The molecule has 0 aromatic rings. The van der Waals surface area contributed by atoms with Gasteiger partial charge in [0.25, 0.3) is 0 Å². The molecule has 0 radical (unpaired) electrons. The van der Waals surface area contributed by atoms with Gasteiger partial charge in [-0.1, -0.05) is 13.3 Å². The lowest BCUT2D eigenvalue weighted by Crippen LogP contribution is -2.44. The van der Waals surface area contributed by atoms with Gasteiger partial charge in [0, 0.05) is 19.1 Å². The van der Waals surface area contributed by atoms with Gasteiger partial charge in [0.05, 0.1) is 19.1 Å². The monoisotopic (exact) mass is 283 g/mol. The first-order chi connectivity index (χ1) is 9.69. The molecule has 0 atom stereocenters. The molecule has 0 spiro atoms. The average molecular weight is 283 g/mol. The van der Waals surface area contributed by atoms with E-state index in [9.17, 15) is 4.79 Å². The molecule has 0 aromatic carbocycles. The second-order valence-electron chi connectivity index (χ2n) is 6.33. The van der Waals surface area contributed by atoms with Gasteiger partial charge in [0.15, 0.2) is 0 Å². The first-order valence-corrected chi connectivity index (χ1v) is 8.26. The topological polar surface area (TPSA) is 49.8 Å².